The summed E-state index contributed by atoms with van der Waals surface area (Å²) >= 11 is 0. The molecule has 142 valence electrons. The summed E-state index contributed by atoms with van der Waals surface area (Å²) in [5, 5.41) is 12.0. The molecule has 1 aromatic heterocycles. The summed E-state index contributed by atoms with van der Waals surface area (Å²) in [6.45, 7) is 0.830. The minimum atomic E-state index is -0.425. The molecule has 0 atom stereocenters. The first kappa shape index (κ1) is 18.6. The summed E-state index contributed by atoms with van der Waals surface area (Å²) < 4.78 is 0. The number of carbonyl (C=O) groups excluding carboxylic acids is 1. The molecule has 5 nitrogen and oxygen atoms in total. The average molecular weight is 380 g/mol. The molecule has 0 unspecified atom stereocenters. The van der Waals surface area contributed by atoms with Crippen LogP contribution in [0.3, 0.4) is 0 Å². The third-order valence-corrected chi connectivity index (χ3v) is 4.81. The number of amides is 1. The van der Waals surface area contributed by atoms with Gasteiger partial charge in [0.05, 0.1) is 28.1 Å². The Balaban J connectivity index is 1.87. The topological polar surface area (TPSA) is 72.2 Å². The third-order valence-electron chi connectivity index (χ3n) is 4.81. The third kappa shape index (κ3) is 3.66. The van der Waals surface area contributed by atoms with Gasteiger partial charge in [-0.1, -0.05) is 42.5 Å². The maximum atomic E-state index is 12.6. The van der Waals surface area contributed by atoms with Gasteiger partial charge in [0.25, 0.3) is 5.91 Å². The molecule has 29 heavy (non-hydrogen) atoms. The number of nitriles is 1. The summed E-state index contributed by atoms with van der Waals surface area (Å²) in [5.41, 5.74) is 3.85. The second kappa shape index (κ2) is 7.70. The molecule has 4 rings (SSSR count). The molecule has 0 bridgehead atoms. The van der Waals surface area contributed by atoms with Gasteiger partial charge in [-0.05, 0) is 43.9 Å². The summed E-state index contributed by atoms with van der Waals surface area (Å²) in [6, 6.07) is 22.6. The van der Waals surface area contributed by atoms with E-state index in [1.54, 1.807) is 30.3 Å². The molecule has 0 saturated heterocycles. The molecule has 0 aliphatic rings. The molecule has 3 aromatic carbocycles. The molecule has 0 aliphatic carbocycles. The predicted octanol–water partition coefficient (Wildman–Crippen LogP) is 4.00. The zero-order valence-corrected chi connectivity index (χ0v) is 16.3. The number of aromatic nitrogens is 1. The number of nitrogens with zero attached hydrogens (tertiary/aromatic N) is 3. The van der Waals surface area contributed by atoms with Crippen molar-refractivity contribution in [2.24, 2.45) is 4.99 Å². The fourth-order valence-electron chi connectivity index (χ4n) is 3.54. The van der Waals surface area contributed by atoms with Crippen molar-refractivity contribution in [2.75, 3.05) is 14.1 Å². The van der Waals surface area contributed by atoms with E-state index < -0.39 is 5.91 Å². The average Bonchev–Trinajstić information content (AvgIpc) is 2.93. The number of benzene rings is 2. The number of hydrogen-bond donors (Lipinski definition) is 1. The highest BCUT2D eigenvalue weighted by Crippen LogP contribution is 2.27. The molecule has 0 aliphatic heterocycles. The van der Waals surface area contributed by atoms with Crippen molar-refractivity contribution in [1.29, 1.82) is 5.26 Å². The van der Waals surface area contributed by atoms with Crippen LogP contribution in [0.15, 0.2) is 71.7 Å². The highest BCUT2D eigenvalue weighted by Gasteiger charge is 2.10. The van der Waals surface area contributed by atoms with Crippen molar-refractivity contribution in [3.05, 3.63) is 88.8 Å². The van der Waals surface area contributed by atoms with E-state index in [0.717, 1.165) is 28.4 Å². The van der Waals surface area contributed by atoms with Gasteiger partial charge < -0.3 is 9.88 Å². The number of carbonyl (C=O) groups is 1. The number of para-hydroxylation sites is 1. The number of fused-ring (bicyclic) bond motifs is 3. The monoisotopic (exact) mass is 380 g/mol. The van der Waals surface area contributed by atoms with Gasteiger partial charge in [0, 0.05) is 22.8 Å². The van der Waals surface area contributed by atoms with E-state index in [2.05, 4.69) is 33.1 Å². The van der Waals surface area contributed by atoms with Gasteiger partial charge in [-0.2, -0.15) is 5.26 Å². The lowest BCUT2D eigenvalue weighted by atomic mass is 10.1. The molecule has 0 radical (unpaired) electrons. The maximum Gasteiger partial charge on any atom is 0.278 e. The van der Waals surface area contributed by atoms with Crippen molar-refractivity contribution in [1.82, 2.24) is 9.88 Å². The number of H-pyrrole nitrogens is 1. The molecular weight excluding hydrogens is 360 g/mol. The van der Waals surface area contributed by atoms with E-state index in [1.807, 2.05) is 38.4 Å². The van der Waals surface area contributed by atoms with Crippen LogP contribution in [-0.4, -0.2) is 29.9 Å². The van der Waals surface area contributed by atoms with Gasteiger partial charge >= 0.3 is 0 Å². The van der Waals surface area contributed by atoms with E-state index in [9.17, 15) is 10.1 Å². The van der Waals surface area contributed by atoms with Crippen molar-refractivity contribution < 1.29 is 4.79 Å². The Hall–Kier alpha value is -3.75. The second-order valence-electron chi connectivity index (χ2n) is 7.20. The van der Waals surface area contributed by atoms with Crippen LogP contribution in [0.4, 0.5) is 0 Å². The molecule has 1 amide bonds. The predicted molar refractivity (Wildman–Crippen MR) is 114 cm³/mol. The maximum absolute atomic E-state index is 12.6. The molecule has 5 heteroatoms. The van der Waals surface area contributed by atoms with E-state index in [4.69, 9.17) is 0 Å². The summed E-state index contributed by atoms with van der Waals surface area (Å²) in [4.78, 5) is 22.5. The number of hydrogen-bond acceptors (Lipinski definition) is 3. The minimum absolute atomic E-state index is 0.308. The van der Waals surface area contributed by atoms with Crippen molar-refractivity contribution >= 4 is 27.7 Å². The van der Waals surface area contributed by atoms with Crippen molar-refractivity contribution in [2.45, 2.75) is 6.54 Å². The lowest BCUT2D eigenvalue weighted by molar-refractivity contribution is 0.0998. The first-order chi connectivity index (χ1) is 14.1. The Morgan fingerprint density at radius 2 is 1.79 bits per heavy atom. The molecular formula is C24H20N4O. The van der Waals surface area contributed by atoms with Crippen LogP contribution in [0.2, 0.25) is 0 Å². The highest BCUT2D eigenvalue weighted by atomic mass is 16.1. The standard InChI is InChI=1S/C24H20N4O/c1-28(2)15-17-8-5-12-21-20-11-6-9-18(13-22(20)27-23(17)21)26-24(29)19-10-4-3-7-16(19)14-25/h3-13,27H,15H2,1-2H3. The molecule has 0 spiro atoms. The first-order valence-corrected chi connectivity index (χ1v) is 9.33. The van der Waals surface area contributed by atoms with E-state index in [0.29, 0.717) is 16.5 Å². The zero-order valence-electron chi connectivity index (χ0n) is 16.3. The zero-order chi connectivity index (χ0) is 20.4. The van der Waals surface area contributed by atoms with Gasteiger partial charge in [0.15, 0.2) is 0 Å². The molecule has 1 N–H and O–H groups in total. The van der Waals surface area contributed by atoms with Gasteiger partial charge in [-0.25, -0.2) is 4.99 Å². The minimum Gasteiger partial charge on any atom is -0.354 e. The quantitative estimate of drug-likeness (QED) is 0.584. The van der Waals surface area contributed by atoms with Crippen LogP contribution in [0, 0.1) is 11.3 Å². The fourth-order valence-corrected chi connectivity index (χ4v) is 3.54. The Labute approximate surface area is 168 Å². The number of rotatable bonds is 3. The van der Waals surface area contributed by atoms with Crippen LogP contribution in [-0.2, 0) is 6.54 Å². The molecule has 1 heterocycles. The Morgan fingerprint density at radius 1 is 1.03 bits per heavy atom. The first-order valence-electron chi connectivity index (χ1n) is 9.33. The van der Waals surface area contributed by atoms with E-state index >= 15 is 0 Å². The highest BCUT2D eigenvalue weighted by molar-refractivity contribution is 6.08. The smallest absolute Gasteiger partial charge is 0.278 e. The van der Waals surface area contributed by atoms with Crippen LogP contribution < -0.4 is 5.36 Å². The Kier molecular flexibility index (Phi) is 4.94. The molecule has 0 saturated carbocycles. The van der Waals surface area contributed by atoms with Crippen LogP contribution in [0.1, 0.15) is 21.5 Å². The fraction of sp³-hybridized carbons (Fsp3) is 0.125. The van der Waals surface area contributed by atoms with E-state index in [-0.39, 0.29) is 0 Å². The largest absolute Gasteiger partial charge is 0.354 e. The SMILES string of the molecule is CN(C)Cc1cccc2c1[nH]c1cc(=NC(=O)c3ccccc3C#N)cccc12. The summed E-state index contributed by atoms with van der Waals surface area (Å²) in [7, 11) is 4.09. The van der Waals surface area contributed by atoms with Gasteiger partial charge in [-0.15, -0.1) is 0 Å². The normalized spacial score (nSPS) is 11.9. The molecule has 0 fully saturated rings. The van der Waals surface area contributed by atoms with E-state index in [1.165, 1.54) is 5.56 Å². The van der Waals surface area contributed by atoms with Crippen LogP contribution >= 0.6 is 0 Å². The Morgan fingerprint density at radius 3 is 2.59 bits per heavy atom. The second-order valence-corrected chi connectivity index (χ2v) is 7.20. The Bertz CT molecular complexity index is 1340. The van der Waals surface area contributed by atoms with Crippen LogP contribution in [0.5, 0.6) is 0 Å². The molecule has 4 aromatic rings. The summed E-state index contributed by atoms with van der Waals surface area (Å²) in [6.07, 6.45) is 0. The summed E-state index contributed by atoms with van der Waals surface area (Å²) in [5.74, 6) is -0.425. The number of nitrogens with one attached hydrogen (secondary N) is 1. The van der Waals surface area contributed by atoms with Crippen molar-refractivity contribution in [3.63, 3.8) is 0 Å². The van der Waals surface area contributed by atoms with Crippen molar-refractivity contribution in [3.8, 4) is 6.07 Å². The van der Waals surface area contributed by atoms with Gasteiger partial charge in [-0.3, -0.25) is 4.79 Å². The lowest BCUT2D eigenvalue weighted by Crippen LogP contribution is -2.10. The lowest BCUT2D eigenvalue weighted by Gasteiger charge is -2.10. The number of aromatic amines is 1. The van der Waals surface area contributed by atoms with Gasteiger partial charge in [0.1, 0.15) is 0 Å². The van der Waals surface area contributed by atoms with Gasteiger partial charge in [0.2, 0.25) is 0 Å². The van der Waals surface area contributed by atoms with Crippen LogP contribution in [0.25, 0.3) is 21.8 Å².